The van der Waals surface area contributed by atoms with Gasteiger partial charge in [-0.05, 0) is 66.8 Å². The number of thioether (sulfide) groups is 1. The van der Waals surface area contributed by atoms with E-state index in [1.54, 1.807) is 24.5 Å². The molecule has 2 aromatic carbocycles. The lowest BCUT2D eigenvalue weighted by atomic mass is 10.0. The molecule has 1 aliphatic rings. The fourth-order valence-electron chi connectivity index (χ4n) is 3.47. The minimum absolute atomic E-state index is 0.239. The van der Waals surface area contributed by atoms with E-state index in [1.807, 2.05) is 38.1 Å². The summed E-state index contributed by atoms with van der Waals surface area (Å²) in [7, 11) is 0. The van der Waals surface area contributed by atoms with Crippen molar-refractivity contribution in [2.45, 2.75) is 26.0 Å². The van der Waals surface area contributed by atoms with Gasteiger partial charge >= 0.3 is 0 Å². The summed E-state index contributed by atoms with van der Waals surface area (Å²) in [4.78, 5) is 28.3. The van der Waals surface area contributed by atoms with Crippen LogP contribution in [0.4, 0.5) is 4.39 Å². The predicted octanol–water partition coefficient (Wildman–Crippen LogP) is 5.29. The average molecular weight is 436 g/mol. The second-order valence-electron chi connectivity index (χ2n) is 7.51. The molecule has 0 saturated heterocycles. The third-order valence-corrected chi connectivity index (χ3v) is 6.49. The Morgan fingerprint density at radius 1 is 0.968 bits per heavy atom. The molecule has 31 heavy (non-hydrogen) atoms. The van der Waals surface area contributed by atoms with Crippen molar-refractivity contribution >= 4 is 29.1 Å². The van der Waals surface area contributed by atoms with Crippen LogP contribution in [-0.4, -0.2) is 23.3 Å². The Bertz CT molecular complexity index is 1150. The molecule has 0 radical (unpaired) electrons. The molecule has 4 rings (SSSR count). The second kappa shape index (κ2) is 8.94. The van der Waals surface area contributed by atoms with Crippen molar-refractivity contribution in [3.05, 3.63) is 99.6 Å². The molecular weight excluding hydrogens is 413 g/mol. The lowest BCUT2D eigenvalue weighted by Gasteiger charge is -2.15. The van der Waals surface area contributed by atoms with Crippen molar-refractivity contribution in [3.63, 3.8) is 0 Å². The molecule has 0 bridgehead atoms. The smallest absolute Gasteiger partial charge is 0.268 e. The highest BCUT2D eigenvalue weighted by Gasteiger charge is 2.39. The van der Waals surface area contributed by atoms with Gasteiger partial charge in [0.15, 0.2) is 0 Å². The van der Waals surface area contributed by atoms with Crippen LogP contribution in [0, 0.1) is 19.7 Å². The molecule has 0 atom stereocenters. The molecule has 0 aliphatic carbocycles. The first kappa shape index (κ1) is 21.1. The van der Waals surface area contributed by atoms with Crippen molar-refractivity contribution < 1.29 is 18.4 Å². The van der Waals surface area contributed by atoms with Crippen LogP contribution in [0.25, 0.3) is 5.57 Å². The molecule has 2 heterocycles. The summed E-state index contributed by atoms with van der Waals surface area (Å²) in [5, 5.41) is 0. The fourth-order valence-corrected chi connectivity index (χ4v) is 4.51. The monoisotopic (exact) mass is 435 g/mol. The largest absolute Gasteiger partial charge is 0.468 e. The first-order chi connectivity index (χ1) is 14.9. The van der Waals surface area contributed by atoms with E-state index in [4.69, 9.17) is 4.42 Å². The Morgan fingerprint density at radius 3 is 2.42 bits per heavy atom. The number of amides is 2. The minimum Gasteiger partial charge on any atom is -0.468 e. The van der Waals surface area contributed by atoms with Crippen LogP contribution >= 0.6 is 11.8 Å². The Hall–Kier alpha value is -3.12. The highest BCUT2D eigenvalue weighted by molar-refractivity contribution is 8.03. The number of furan rings is 1. The van der Waals surface area contributed by atoms with Gasteiger partial charge in [0.25, 0.3) is 11.8 Å². The standard InChI is InChI=1S/C25H22FNO3S/c1-16-5-8-19(14-17(16)2)22-23(31-15-21-4-3-13-30-21)25(29)27(24(22)28)12-11-18-6-9-20(26)10-7-18/h3-10,13-14H,11-12,15H2,1-2H3. The quantitative estimate of drug-likeness (QED) is 0.473. The van der Waals surface area contributed by atoms with Crippen molar-refractivity contribution in [2.75, 3.05) is 6.54 Å². The van der Waals surface area contributed by atoms with Gasteiger partial charge in [0.05, 0.1) is 22.5 Å². The number of hydrogen-bond acceptors (Lipinski definition) is 4. The van der Waals surface area contributed by atoms with Gasteiger partial charge in [-0.1, -0.05) is 30.3 Å². The maximum Gasteiger partial charge on any atom is 0.268 e. The normalized spacial score (nSPS) is 14.1. The molecule has 6 heteroatoms. The van der Waals surface area contributed by atoms with E-state index in [1.165, 1.54) is 28.8 Å². The van der Waals surface area contributed by atoms with E-state index < -0.39 is 0 Å². The van der Waals surface area contributed by atoms with Gasteiger partial charge in [0.2, 0.25) is 0 Å². The van der Waals surface area contributed by atoms with Gasteiger partial charge in [-0.3, -0.25) is 14.5 Å². The van der Waals surface area contributed by atoms with Gasteiger partial charge in [0.1, 0.15) is 11.6 Å². The Balaban J connectivity index is 1.62. The van der Waals surface area contributed by atoms with Gasteiger partial charge < -0.3 is 4.42 Å². The molecule has 3 aromatic rings. The second-order valence-corrected chi connectivity index (χ2v) is 8.50. The van der Waals surface area contributed by atoms with E-state index in [-0.39, 0.29) is 24.2 Å². The Labute approximate surface area is 184 Å². The van der Waals surface area contributed by atoms with E-state index in [2.05, 4.69) is 0 Å². The Morgan fingerprint density at radius 2 is 1.74 bits per heavy atom. The zero-order valence-electron chi connectivity index (χ0n) is 17.4. The lowest BCUT2D eigenvalue weighted by Crippen LogP contribution is -2.33. The molecule has 2 amide bonds. The lowest BCUT2D eigenvalue weighted by molar-refractivity contribution is -0.136. The molecule has 1 aliphatic heterocycles. The van der Waals surface area contributed by atoms with Gasteiger partial charge in [-0.25, -0.2) is 4.39 Å². The molecular formula is C25H22FNO3S. The number of imide groups is 1. The molecule has 158 valence electrons. The molecule has 0 fully saturated rings. The van der Waals surface area contributed by atoms with Crippen LogP contribution < -0.4 is 0 Å². The number of benzene rings is 2. The van der Waals surface area contributed by atoms with E-state index >= 15 is 0 Å². The fraction of sp³-hybridized carbons (Fsp3) is 0.200. The number of aryl methyl sites for hydroxylation is 2. The van der Waals surface area contributed by atoms with Crippen LogP contribution in [0.2, 0.25) is 0 Å². The van der Waals surface area contributed by atoms with Gasteiger partial charge in [0, 0.05) is 6.54 Å². The summed E-state index contributed by atoms with van der Waals surface area (Å²) >= 11 is 1.32. The van der Waals surface area contributed by atoms with Gasteiger partial charge in [-0.15, -0.1) is 11.8 Å². The molecule has 1 aromatic heterocycles. The number of carbonyl (C=O) groups excluding carboxylic acids is 2. The van der Waals surface area contributed by atoms with Crippen molar-refractivity contribution in [1.29, 1.82) is 0 Å². The Kier molecular flexibility index (Phi) is 6.09. The number of nitrogens with zero attached hydrogens (tertiary/aromatic N) is 1. The molecule has 0 saturated carbocycles. The average Bonchev–Trinajstić information content (AvgIpc) is 3.35. The molecule has 4 nitrogen and oxygen atoms in total. The summed E-state index contributed by atoms with van der Waals surface area (Å²) in [6.07, 6.45) is 2.05. The minimum atomic E-state index is -0.313. The zero-order chi connectivity index (χ0) is 22.0. The van der Waals surface area contributed by atoms with Crippen LogP contribution in [0.5, 0.6) is 0 Å². The van der Waals surface area contributed by atoms with Gasteiger partial charge in [-0.2, -0.15) is 0 Å². The van der Waals surface area contributed by atoms with Crippen LogP contribution in [0.1, 0.15) is 28.0 Å². The van der Waals surface area contributed by atoms with Crippen molar-refractivity contribution in [1.82, 2.24) is 4.90 Å². The number of hydrogen-bond donors (Lipinski definition) is 0. The summed E-state index contributed by atoms with van der Waals surface area (Å²) < 4.78 is 18.6. The first-order valence-electron chi connectivity index (χ1n) is 10.0. The highest BCUT2D eigenvalue weighted by atomic mass is 32.2. The zero-order valence-corrected chi connectivity index (χ0v) is 18.2. The third-order valence-electron chi connectivity index (χ3n) is 5.40. The number of carbonyl (C=O) groups is 2. The van der Waals surface area contributed by atoms with Crippen LogP contribution in [0.3, 0.4) is 0 Å². The summed E-state index contributed by atoms with van der Waals surface area (Å²) in [5.74, 6) is 0.296. The van der Waals surface area contributed by atoms with Crippen molar-refractivity contribution in [3.8, 4) is 0 Å². The molecule has 0 spiro atoms. The highest BCUT2D eigenvalue weighted by Crippen LogP contribution is 2.38. The summed E-state index contributed by atoms with van der Waals surface area (Å²) in [6, 6.07) is 15.5. The number of rotatable bonds is 7. The molecule has 0 unspecified atom stereocenters. The maximum absolute atomic E-state index is 13.3. The maximum atomic E-state index is 13.3. The van der Waals surface area contributed by atoms with Crippen molar-refractivity contribution in [2.24, 2.45) is 0 Å². The van der Waals surface area contributed by atoms with E-state index in [0.29, 0.717) is 22.7 Å². The summed E-state index contributed by atoms with van der Waals surface area (Å²) in [6.45, 7) is 4.24. The molecule has 0 N–H and O–H groups in total. The van der Waals surface area contributed by atoms with Crippen LogP contribution in [-0.2, 0) is 21.8 Å². The SMILES string of the molecule is Cc1ccc(C2=C(SCc3ccco3)C(=O)N(CCc3ccc(F)cc3)C2=O)cc1C. The third kappa shape index (κ3) is 4.49. The van der Waals surface area contributed by atoms with E-state index in [9.17, 15) is 14.0 Å². The first-order valence-corrected chi connectivity index (χ1v) is 11.0. The number of halogens is 1. The summed E-state index contributed by atoms with van der Waals surface area (Å²) in [5.41, 5.74) is 4.23. The predicted molar refractivity (Wildman–Crippen MR) is 120 cm³/mol. The van der Waals surface area contributed by atoms with E-state index in [0.717, 1.165) is 28.0 Å². The topological polar surface area (TPSA) is 50.5 Å². The van der Waals surface area contributed by atoms with Crippen LogP contribution in [0.15, 0.2) is 70.2 Å².